The number of benzene rings is 1. The smallest absolute Gasteiger partial charge is 0.268 e. The zero-order valence-corrected chi connectivity index (χ0v) is 14.9. The second-order valence-electron chi connectivity index (χ2n) is 5.71. The Kier molecular flexibility index (Phi) is 5.66. The number of nitriles is 1. The van der Waals surface area contributed by atoms with Crippen LogP contribution < -0.4 is 10.2 Å². The molecule has 0 spiro atoms. The Hall–Kier alpha value is -2.72. The Bertz CT molecular complexity index is 784. The molecule has 0 radical (unpaired) electrons. The minimum Gasteiger partial charge on any atom is -0.378 e. The standard InChI is InChI=1S/C17H19N5OS/c1-11(2)16-20-21-17(24-16)19-15(23)13(10-18)9-12-5-7-14(8-6-12)22(3)4/h5-9,11H,1-4H3,(H,19,21,23)/b13-9-. The molecule has 0 saturated carbocycles. The van der Waals surface area contributed by atoms with Gasteiger partial charge < -0.3 is 4.90 Å². The predicted octanol–water partition coefficient (Wildman–Crippen LogP) is 3.27. The van der Waals surface area contributed by atoms with Gasteiger partial charge in [0.05, 0.1) is 0 Å². The van der Waals surface area contributed by atoms with Gasteiger partial charge in [-0.15, -0.1) is 10.2 Å². The van der Waals surface area contributed by atoms with Crippen LogP contribution in [0.2, 0.25) is 0 Å². The van der Waals surface area contributed by atoms with Gasteiger partial charge in [-0.2, -0.15) is 5.26 Å². The van der Waals surface area contributed by atoms with E-state index >= 15 is 0 Å². The molecule has 6 nitrogen and oxygen atoms in total. The maximum Gasteiger partial charge on any atom is 0.268 e. The van der Waals surface area contributed by atoms with Crippen molar-refractivity contribution in [2.45, 2.75) is 19.8 Å². The first-order valence-corrected chi connectivity index (χ1v) is 8.26. The summed E-state index contributed by atoms with van der Waals surface area (Å²) in [4.78, 5) is 14.2. The number of nitrogens with one attached hydrogen (secondary N) is 1. The molecule has 24 heavy (non-hydrogen) atoms. The van der Waals surface area contributed by atoms with Crippen LogP contribution in [0.4, 0.5) is 10.8 Å². The summed E-state index contributed by atoms with van der Waals surface area (Å²) in [6, 6.07) is 9.52. The normalized spacial score (nSPS) is 11.2. The maximum atomic E-state index is 12.2. The van der Waals surface area contributed by atoms with Crippen LogP contribution in [0, 0.1) is 11.3 Å². The van der Waals surface area contributed by atoms with E-state index in [1.807, 2.05) is 63.2 Å². The van der Waals surface area contributed by atoms with E-state index in [2.05, 4.69) is 15.5 Å². The van der Waals surface area contributed by atoms with Crippen molar-refractivity contribution in [3.8, 4) is 6.07 Å². The van der Waals surface area contributed by atoms with Gasteiger partial charge in [-0.3, -0.25) is 10.1 Å². The molecule has 0 fully saturated rings. The zero-order valence-electron chi connectivity index (χ0n) is 14.1. The summed E-state index contributed by atoms with van der Waals surface area (Å²) < 4.78 is 0. The SMILES string of the molecule is CC(C)c1nnc(NC(=O)/C(C#N)=C\c2ccc(N(C)C)cc2)s1. The number of aromatic nitrogens is 2. The van der Waals surface area contributed by atoms with Crippen molar-refractivity contribution >= 4 is 34.1 Å². The molecule has 1 N–H and O–H groups in total. The summed E-state index contributed by atoms with van der Waals surface area (Å²) in [5, 5.41) is 21.1. The van der Waals surface area contributed by atoms with Gasteiger partial charge in [0.1, 0.15) is 16.6 Å². The topological polar surface area (TPSA) is 81.9 Å². The van der Waals surface area contributed by atoms with Crippen LogP contribution >= 0.6 is 11.3 Å². The highest BCUT2D eigenvalue weighted by Crippen LogP contribution is 2.23. The van der Waals surface area contributed by atoms with Crippen LogP contribution in [0.15, 0.2) is 29.8 Å². The average Bonchev–Trinajstić information content (AvgIpc) is 3.01. The lowest BCUT2D eigenvalue weighted by Gasteiger charge is -2.11. The quantitative estimate of drug-likeness (QED) is 0.667. The molecule has 2 rings (SSSR count). The molecule has 1 aromatic heterocycles. The van der Waals surface area contributed by atoms with Crippen molar-refractivity contribution in [3.05, 3.63) is 40.4 Å². The van der Waals surface area contributed by atoms with Crippen LogP contribution in [-0.2, 0) is 4.79 Å². The first-order chi connectivity index (χ1) is 11.4. The number of carbonyl (C=O) groups is 1. The number of hydrogen-bond acceptors (Lipinski definition) is 6. The highest BCUT2D eigenvalue weighted by molar-refractivity contribution is 7.15. The molecule has 0 saturated heterocycles. The first kappa shape index (κ1) is 17.6. The van der Waals surface area contributed by atoms with Crippen molar-refractivity contribution in [2.75, 3.05) is 24.3 Å². The van der Waals surface area contributed by atoms with Crippen molar-refractivity contribution in [3.63, 3.8) is 0 Å². The maximum absolute atomic E-state index is 12.2. The Balaban J connectivity index is 2.14. The molecule has 124 valence electrons. The van der Waals surface area contributed by atoms with Crippen molar-refractivity contribution in [1.82, 2.24) is 10.2 Å². The van der Waals surface area contributed by atoms with E-state index in [0.29, 0.717) is 5.13 Å². The van der Waals surface area contributed by atoms with Crippen molar-refractivity contribution in [2.24, 2.45) is 0 Å². The molecule has 1 amide bonds. The number of rotatable bonds is 5. The van der Waals surface area contributed by atoms with E-state index in [4.69, 9.17) is 0 Å². The molecule has 0 atom stereocenters. The largest absolute Gasteiger partial charge is 0.378 e. The van der Waals surface area contributed by atoms with E-state index in [1.54, 1.807) is 6.08 Å². The van der Waals surface area contributed by atoms with Gasteiger partial charge in [0, 0.05) is 25.7 Å². The third kappa shape index (κ3) is 4.40. The lowest BCUT2D eigenvalue weighted by atomic mass is 10.1. The molecule has 7 heteroatoms. The predicted molar refractivity (Wildman–Crippen MR) is 97.0 cm³/mol. The number of carbonyl (C=O) groups excluding carboxylic acids is 1. The van der Waals surface area contributed by atoms with Gasteiger partial charge in [0.25, 0.3) is 5.91 Å². The Morgan fingerprint density at radius 3 is 2.46 bits per heavy atom. The van der Waals surface area contributed by atoms with Gasteiger partial charge in [-0.05, 0) is 23.8 Å². The molecule has 2 aromatic rings. The fraction of sp³-hybridized carbons (Fsp3) is 0.294. The molecule has 0 unspecified atom stereocenters. The summed E-state index contributed by atoms with van der Waals surface area (Å²) in [5.41, 5.74) is 1.85. The fourth-order valence-corrected chi connectivity index (χ4v) is 2.61. The number of hydrogen-bond donors (Lipinski definition) is 1. The van der Waals surface area contributed by atoms with Crippen LogP contribution in [0.1, 0.15) is 30.3 Å². The van der Waals surface area contributed by atoms with Gasteiger partial charge in [0.15, 0.2) is 0 Å². The van der Waals surface area contributed by atoms with Crippen LogP contribution in [0.25, 0.3) is 6.08 Å². The lowest BCUT2D eigenvalue weighted by Crippen LogP contribution is -2.13. The van der Waals surface area contributed by atoms with Crippen LogP contribution in [-0.4, -0.2) is 30.2 Å². The second-order valence-corrected chi connectivity index (χ2v) is 6.72. The van der Waals surface area contributed by atoms with E-state index in [-0.39, 0.29) is 11.5 Å². The first-order valence-electron chi connectivity index (χ1n) is 7.44. The fourth-order valence-electron chi connectivity index (χ4n) is 1.87. The van der Waals surface area contributed by atoms with Crippen LogP contribution in [0.3, 0.4) is 0 Å². The van der Waals surface area contributed by atoms with E-state index in [0.717, 1.165) is 16.3 Å². The molecule has 0 aliphatic rings. The molecule has 1 aromatic carbocycles. The molecule has 0 bridgehead atoms. The molecular formula is C17H19N5OS. The average molecular weight is 341 g/mol. The Morgan fingerprint density at radius 2 is 1.96 bits per heavy atom. The highest BCUT2D eigenvalue weighted by Gasteiger charge is 2.14. The Morgan fingerprint density at radius 1 is 1.29 bits per heavy atom. The molecular weight excluding hydrogens is 322 g/mol. The van der Waals surface area contributed by atoms with Crippen LogP contribution in [0.5, 0.6) is 0 Å². The summed E-state index contributed by atoms with van der Waals surface area (Å²) in [6.07, 6.45) is 1.55. The summed E-state index contributed by atoms with van der Waals surface area (Å²) in [5.74, 6) is -0.241. The summed E-state index contributed by atoms with van der Waals surface area (Å²) in [6.45, 7) is 4.01. The minimum absolute atomic E-state index is 0.0221. The number of anilines is 2. The third-order valence-electron chi connectivity index (χ3n) is 3.24. The molecule has 1 heterocycles. The zero-order chi connectivity index (χ0) is 17.7. The van der Waals surface area contributed by atoms with E-state index in [9.17, 15) is 10.1 Å². The second kappa shape index (κ2) is 7.70. The van der Waals surface area contributed by atoms with Gasteiger partial charge in [0.2, 0.25) is 5.13 Å². The van der Waals surface area contributed by atoms with E-state index < -0.39 is 5.91 Å². The molecule has 0 aliphatic heterocycles. The lowest BCUT2D eigenvalue weighted by molar-refractivity contribution is -0.112. The number of amides is 1. The highest BCUT2D eigenvalue weighted by atomic mass is 32.1. The summed E-state index contributed by atoms with van der Waals surface area (Å²) in [7, 11) is 3.90. The van der Waals surface area contributed by atoms with Crippen molar-refractivity contribution in [1.29, 1.82) is 5.26 Å². The third-order valence-corrected chi connectivity index (χ3v) is 4.38. The monoisotopic (exact) mass is 341 g/mol. The van der Waals surface area contributed by atoms with Crippen molar-refractivity contribution < 1.29 is 4.79 Å². The van der Waals surface area contributed by atoms with Gasteiger partial charge in [-0.1, -0.05) is 37.3 Å². The minimum atomic E-state index is -0.486. The van der Waals surface area contributed by atoms with Gasteiger partial charge in [-0.25, -0.2) is 0 Å². The van der Waals surface area contributed by atoms with E-state index in [1.165, 1.54) is 11.3 Å². The van der Waals surface area contributed by atoms with Gasteiger partial charge >= 0.3 is 0 Å². The number of nitrogens with zero attached hydrogens (tertiary/aromatic N) is 4. The Labute approximate surface area is 145 Å². The summed E-state index contributed by atoms with van der Waals surface area (Å²) >= 11 is 1.31. The molecule has 0 aliphatic carbocycles.